The summed E-state index contributed by atoms with van der Waals surface area (Å²) in [4.78, 5) is 108. The smallest absolute Gasteiger partial charge is 0.424 e. The number of halogens is 1. The molecular formula is C64H99ClN10O16S2. The standard InChI is InChI=1S/C32H49N5O8S.C16H25N3O4S.C16H24N2O4.ClH/c1-30(2,3)22(18-35-15-16-37(46(35,42)43)29(41)45-19-20-13-11-10-12-14-20)33-28(40)34-25(31(4,5)6)26(38)36-17-21-23(32(21,7)8)24(36)27(39)44-9;1-16(2,3)14(17)11-18-9-10-19(24(18,21)22)15(20)23-12-13-7-5-4-6-8-13;1-15(2,3)12(17-8-19)13(20)18-7-9-10(16(9,4)5)11(18)14(21)22-6;/h10-14,21-25H,15-19H2,1-9H3,(H2,33,34,40);4-8,14H,9-12,17H2,1-3H3;9-12H,7H2,1-6H3;1H/t21-,22+,23-,24-,25+;14-;9-,10-,11-,12+;/m010./s1. The molecule has 6 aliphatic rings. The van der Waals surface area contributed by atoms with Crippen LogP contribution in [-0.4, -0.2) is 195 Å². The maximum Gasteiger partial charge on any atom is 0.424 e. The van der Waals surface area contributed by atoms with Gasteiger partial charge in [0.15, 0.2) is 0 Å². The quantitative estimate of drug-likeness (QED) is 0.0757. The number of benzene rings is 2. The number of fused-ring (bicyclic) bond motifs is 2. The molecule has 0 unspecified atom stereocenters. The number of nitrogens with one attached hydrogen (secondary N) is 2. The van der Waals surface area contributed by atoms with Crippen LogP contribution in [0.25, 0.3) is 0 Å². The van der Waals surface area contributed by atoms with Crippen LogP contribution in [0.2, 0.25) is 0 Å². The number of nitrogens with two attached hydrogens (primary N) is 1. The van der Waals surface area contributed by atoms with Crippen molar-refractivity contribution in [2.24, 2.45) is 66.9 Å². The average molecular weight is 1360 g/mol. The molecular weight excluding hydrogens is 1260 g/mol. The van der Waals surface area contributed by atoms with Crippen LogP contribution in [0.5, 0.6) is 0 Å². The van der Waals surface area contributed by atoms with Crippen molar-refractivity contribution in [2.45, 2.75) is 160 Å². The van der Waals surface area contributed by atoms with Gasteiger partial charge >= 0.3 is 50.6 Å². The van der Waals surface area contributed by atoms with Crippen molar-refractivity contribution in [3.63, 3.8) is 0 Å². The minimum atomic E-state index is -4.21. The number of nitrogens with zero attached hydrogens (tertiary/aromatic N) is 7. The summed E-state index contributed by atoms with van der Waals surface area (Å²) in [7, 11) is -5.44. The first-order valence-electron chi connectivity index (χ1n) is 31.0. The fraction of sp³-hybridized carbons (Fsp3) is 0.688. The second kappa shape index (κ2) is 29.3. The van der Waals surface area contributed by atoms with Crippen molar-refractivity contribution in [1.29, 1.82) is 0 Å². The Kier molecular flexibility index (Phi) is 24.3. The molecule has 2 aliphatic carbocycles. The van der Waals surface area contributed by atoms with Gasteiger partial charge in [-0.05, 0) is 55.5 Å². The number of esters is 2. The molecule has 8 rings (SSSR count). The van der Waals surface area contributed by atoms with Crippen molar-refractivity contribution in [3.05, 3.63) is 71.8 Å². The monoisotopic (exact) mass is 1360 g/mol. The Morgan fingerprint density at radius 2 is 0.989 bits per heavy atom. The summed E-state index contributed by atoms with van der Waals surface area (Å²) in [6, 6.07) is 13.3. The third-order valence-electron chi connectivity index (χ3n) is 18.9. The summed E-state index contributed by atoms with van der Waals surface area (Å²) in [5, 5.41) is 5.71. The molecule has 29 heteroatoms. The number of ether oxygens (including phenoxy) is 4. The van der Waals surface area contributed by atoms with E-state index in [0.717, 1.165) is 19.7 Å². The lowest BCUT2D eigenvalue weighted by atomic mass is 9.85. The number of urea groups is 1. The maximum atomic E-state index is 14.0. The van der Waals surface area contributed by atoms with Crippen LogP contribution in [0.15, 0.2) is 65.7 Å². The third kappa shape index (κ3) is 17.5. The molecule has 0 spiro atoms. The number of methoxy groups -OCH3 is 2. The van der Waals surface area contributed by atoms with E-state index in [9.17, 15) is 55.2 Å². The molecule has 0 radical (unpaired) electrons. The predicted molar refractivity (Wildman–Crippen MR) is 348 cm³/mol. The molecule has 4 saturated heterocycles. The molecule has 520 valence electrons. The molecule has 26 nitrogen and oxygen atoms in total. The minimum Gasteiger partial charge on any atom is -0.467 e. The normalized spacial score (nSPS) is 24.4. The fourth-order valence-electron chi connectivity index (χ4n) is 12.5. The second-order valence-corrected chi connectivity index (χ2v) is 33.8. The molecule has 2 saturated carbocycles. The number of aliphatic imine (C=N–C) groups is 1. The molecule has 0 bridgehead atoms. The van der Waals surface area contributed by atoms with Crippen molar-refractivity contribution in [3.8, 4) is 0 Å². The highest BCUT2D eigenvalue weighted by atomic mass is 35.5. The van der Waals surface area contributed by atoms with E-state index in [2.05, 4.69) is 43.3 Å². The Morgan fingerprint density at radius 1 is 0.591 bits per heavy atom. The molecule has 2 aromatic carbocycles. The van der Waals surface area contributed by atoms with E-state index < -0.39 is 97.0 Å². The first kappa shape index (κ1) is 77.3. The largest absolute Gasteiger partial charge is 0.467 e. The van der Waals surface area contributed by atoms with E-state index in [1.54, 1.807) is 41.3 Å². The van der Waals surface area contributed by atoms with Crippen LogP contribution in [0.4, 0.5) is 14.4 Å². The van der Waals surface area contributed by atoms with E-state index in [4.69, 9.17) is 24.7 Å². The molecule has 0 aromatic heterocycles. The highest BCUT2D eigenvalue weighted by Gasteiger charge is 2.71. The lowest BCUT2D eigenvalue weighted by molar-refractivity contribution is -0.154. The van der Waals surface area contributed by atoms with E-state index in [1.165, 1.54) is 29.5 Å². The van der Waals surface area contributed by atoms with E-state index >= 15 is 0 Å². The zero-order valence-corrected chi connectivity index (χ0v) is 59.5. The SMILES string of the molecule is CC(C)(C)[C@H](N)CN1CCN(C(=O)OCc2ccccc2)S1(=O)=O.COC(=O)[C@@H]1[C@@H]2[C@H](CN1C(=O)[C@@H](N=C=O)C(C)(C)C)C2(C)C.COC(=O)[C@@H]1[C@@H]2[C@H](CN1C(=O)[C@@H](NC(=O)N[C@H](CN1CCN(C(=O)OCc3ccccc3)S1(=O)=O)C(C)(C)C)C(C)(C)C)C2(C)C.Cl. The van der Waals surface area contributed by atoms with Gasteiger partial charge in [-0.15, -0.1) is 12.4 Å². The van der Waals surface area contributed by atoms with Gasteiger partial charge in [0.25, 0.3) is 0 Å². The fourth-order valence-corrected chi connectivity index (χ4v) is 15.5. The van der Waals surface area contributed by atoms with Crippen LogP contribution in [0, 0.1) is 56.2 Å². The first-order valence-corrected chi connectivity index (χ1v) is 33.8. The number of rotatable bonds is 15. The number of isocyanates is 1. The molecule has 93 heavy (non-hydrogen) atoms. The summed E-state index contributed by atoms with van der Waals surface area (Å²) in [6.45, 7) is 32.0. The number of amides is 6. The van der Waals surface area contributed by atoms with E-state index in [-0.39, 0.29) is 117 Å². The highest BCUT2D eigenvalue weighted by Crippen LogP contribution is 2.66. The molecule has 4 aliphatic heterocycles. The number of likely N-dealkylation sites (tertiary alicyclic amines) is 2. The number of hydrogen-bond acceptors (Lipinski definition) is 18. The predicted octanol–water partition coefficient (Wildman–Crippen LogP) is 6.34. The van der Waals surface area contributed by atoms with E-state index in [1.807, 2.05) is 107 Å². The molecule has 4 heterocycles. The van der Waals surface area contributed by atoms with Crippen molar-refractivity contribution < 1.29 is 74.1 Å². The summed E-state index contributed by atoms with van der Waals surface area (Å²) < 4.78 is 75.9. The average Bonchev–Trinajstić information content (AvgIpc) is 1.53. The van der Waals surface area contributed by atoms with Crippen LogP contribution in [0.1, 0.15) is 122 Å². The second-order valence-electron chi connectivity index (χ2n) is 30.1. The van der Waals surface area contributed by atoms with Crippen LogP contribution in [-0.2, 0) is 76.6 Å². The summed E-state index contributed by atoms with van der Waals surface area (Å²) in [6.07, 6.45) is -0.338. The molecule has 4 N–H and O–H groups in total. The van der Waals surface area contributed by atoms with Gasteiger partial charge in [0.1, 0.15) is 37.4 Å². The maximum absolute atomic E-state index is 14.0. The number of carbonyl (C=O) groups is 7. The van der Waals surface area contributed by atoms with Crippen LogP contribution >= 0.6 is 12.4 Å². The van der Waals surface area contributed by atoms with E-state index in [0.29, 0.717) is 23.3 Å². The van der Waals surface area contributed by atoms with Crippen molar-refractivity contribution in [2.75, 3.05) is 66.6 Å². The lowest BCUT2D eigenvalue weighted by Crippen LogP contribution is -2.61. The van der Waals surface area contributed by atoms with Gasteiger partial charge in [0.05, 0.1) is 27.3 Å². The van der Waals surface area contributed by atoms with Crippen LogP contribution in [0.3, 0.4) is 0 Å². The van der Waals surface area contributed by atoms with Gasteiger partial charge in [-0.3, -0.25) is 9.59 Å². The molecule has 2 aromatic rings. The first-order chi connectivity index (χ1) is 42.4. The highest BCUT2D eigenvalue weighted by molar-refractivity contribution is 7.87. The summed E-state index contributed by atoms with van der Waals surface area (Å²) in [5.41, 5.74) is 5.49. The number of piperidine rings is 2. The topological polar surface area (TPSA) is 324 Å². The van der Waals surface area contributed by atoms with Gasteiger partial charge < -0.3 is 45.1 Å². The number of hydrogen-bond donors (Lipinski definition) is 3. The Labute approximate surface area is 555 Å². The Hall–Kier alpha value is -6.42. The Balaban J connectivity index is 0.000000279. The number of carbonyl (C=O) groups excluding carboxylic acids is 8. The van der Waals surface area contributed by atoms with Crippen molar-refractivity contribution >= 4 is 80.9 Å². The van der Waals surface area contributed by atoms with Gasteiger partial charge in [-0.1, -0.05) is 171 Å². The van der Waals surface area contributed by atoms with Gasteiger partial charge in [-0.2, -0.15) is 39.0 Å². The van der Waals surface area contributed by atoms with Crippen LogP contribution < -0.4 is 16.4 Å². The zero-order valence-electron chi connectivity index (χ0n) is 57.1. The minimum absolute atomic E-state index is 0. The summed E-state index contributed by atoms with van der Waals surface area (Å²) in [5.74, 6) is -0.977. The lowest BCUT2D eigenvalue weighted by Gasteiger charge is -2.38. The van der Waals surface area contributed by atoms with Crippen molar-refractivity contribution in [1.82, 2.24) is 37.7 Å². The van der Waals surface area contributed by atoms with Gasteiger partial charge in [0.2, 0.25) is 17.9 Å². The van der Waals surface area contributed by atoms with Gasteiger partial charge in [0, 0.05) is 63.2 Å². The molecule has 6 fully saturated rings. The Morgan fingerprint density at radius 3 is 1.34 bits per heavy atom. The Bertz CT molecular complexity index is 3310. The third-order valence-corrected chi connectivity index (χ3v) is 22.6. The van der Waals surface area contributed by atoms with Gasteiger partial charge in [-0.25, -0.2) is 28.8 Å². The zero-order chi connectivity index (χ0) is 69.2. The molecule has 6 amide bonds. The summed E-state index contributed by atoms with van der Waals surface area (Å²) >= 11 is 0. The molecule has 10 atom stereocenters.